The molecule has 0 atom stereocenters. The van der Waals surface area contributed by atoms with Crippen molar-refractivity contribution >= 4 is 17.3 Å². The van der Waals surface area contributed by atoms with Crippen LogP contribution in [-0.2, 0) is 4.74 Å². The Kier molecular flexibility index (Phi) is 4.81. The first-order chi connectivity index (χ1) is 7.27. The molecule has 80 valence electrons. The fourth-order valence-corrected chi connectivity index (χ4v) is 1.49. The van der Waals surface area contributed by atoms with E-state index in [1.54, 1.807) is 12.3 Å². The Bertz CT molecular complexity index is 390. The van der Waals surface area contributed by atoms with E-state index in [1.807, 2.05) is 7.05 Å². The Morgan fingerprint density at radius 1 is 1.73 bits per heavy atom. The highest BCUT2D eigenvalue weighted by Gasteiger charge is 2.09. The fraction of sp³-hybridized carbons (Fsp3) is 0.400. The van der Waals surface area contributed by atoms with E-state index < -0.39 is 5.97 Å². The highest BCUT2D eigenvalue weighted by Crippen LogP contribution is 2.09. The quantitative estimate of drug-likeness (QED) is 0.612. The molecule has 5 heteroatoms. The average Bonchev–Trinajstić information content (AvgIpc) is 2.67. The molecule has 0 bridgehead atoms. The average molecular weight is 224 g/mol. The molecular formula is C10H12N2O2S. The number of carbonyl (C=O) groups is 1. The lowest BCUT2D eigenvalue weighted by Gasteiger charge is -1.95. The van der Waals surface area contributed by atoms with E-state index in [9.17, 15) is 4.79 Å². The molecule has 4 nitrogen and oxygen atoms in total. The van der Waals surface area contributed by atoms with E-state index in [2.05, 4.69) is 22.1 Å². The number of nitrogens with one attached hydrogen (secondary N) is 1. The van der Waals surface area contributed by atoms with Gasteiger partial charge in [-0.15, -0.1) is 11.3 Å². The van der Waals surface area contributed by atoms with Crippen LogP contribution in [0.2, 0.25) is 0 Å². The van der Waals surface area contributed by atoms with E-state index in [0.717, 1.165) is 0 Å². The minimum Gasteiger partial charge on any atom is -0.461 e. The second kappa shape index (κ2) is 6.17. The van der Waals surface area contributed by atoms with Gasteiger partial charge in [-0.05, 0) is 19.9 Å². The van der Waals surface area contributed by atoms with Gasteiger partial charge in [0, 0.05) is 5.38 Å². The van der Waals surface area contributed by atoms with Gasteiger partial charge in [0.15, 0.2) is 10.7 Å². The number of nitrogens with zero attached hydrogens (tertiary/aromatic N) is 1. The van der Waals surface area contributed by atoms with Gasteiger partial charge in [0.25, 0.3) is 0 Å². The standard InChI is InChI=1S/C10H12N2O2S/c1-3-14-10(13)8-7-15-9(12-8)5-4-6-11-2/h7,11H,3,6H2,1-2H3. The predicted molar refractivity (Wildman–Crippen MR) is 58.9 cm³/mol. The molecule has 0 aliphatic carbocycles. The number of carbonyl (C=O) groups excluding carboxylic acids is 1. The van der Waals surface area contributed by atoms with Crippen molar-refractivity contribution in [3.05, 3.63) is 16.1 Å². The van der Waals surface area contributed by atoms with Gasteiger partial charge in [-0.1, -0.05) is 5.92 Å². The lowest BCUT2D eigenvalue weighted by molar-refractivity contribution is 0.0520. The summed E-state index contributed by atoms with van der Waals surface area (Å²) in [5, 5.41) is 5.19. The molecule has 0 unspecified atom stereocenters. The van der Waals surface area contributed by atoms with Crippen LogP contribution in [0.4, 0.5) is 0 Å². The van der Waals surface area contributed by atoms with Crippen LogP contribution in [0.5, 0.6) is 0 Å². The summed E-state index contributed by atoms with van der Waals surface area (Å²) >= 11 is 1.34. The molecule has 0 fully saturated rings. The van der Waals surface area contributed by atoms with Gasteiger partial charge in [-0.2, -0.15) is 0 Å². The van der Waals surface area contributed by atoms with Gasteiger partial charge >= 0.3 is 5.97 Å². The topological polar surface area (TPSA) is 51.2 Å². The molecule has 15 heavy (non-hydrogen) atoms. The second-order valence-electron chi connectivity index (χ2n) is 2.59. The third-order valence-electron chi connectivity index (χ3n) is 1.45. The molecule has 1 aromatic rings. The smallest absolute Gasteiger partial charge is 0.357 e. The van der Waals surface area contributed by atoms with Crippen LogP contribution in [0.25, 0.3) is 0 Å². The second-order valence-corrected chi connectivity index (χ2v) is 3.45. The summed E-state index contributed by atoms with van der Waals surface area (Å²) in [6, 6.07) is 0. The van der Waals surface area contributed by atoms with Gasteiger partial charge in [-0.25, -0.2) is 9.78 Å². The van der Waals surface area contributed by atoms with E-state index >= 15 is 0 Å². The van der Waals surface area contributed by atoms with Crippen molar-refractivity contribution in [3.63, 3.8) is 0 Å². The lowest BCUT2D eigenvalue weighted by atomic mass is 10.5. The molecule has 1 heterocycles. The molecule has 1 N–H and O–H groups in total. The van der Waals surface area contributed by atoms with Crippen molar-refractivity contribution in [2.24, 2.45) is 0 Å². The maximum atomic E-state index is 11.2. The molecular weight excluding hydrogens is 212 g/mol. The number of rotatable bonds is 3. The largest absolute Gasteiger partial charge is 0.461 e. The monoisotopic (exact) mass is 224 g/mol. The Balaban J connectivity index is 2.65. The van der Waals surface area contributed by atoms with Crippen molar-refractivity contribution in [2.45, 2.75) is 6.92 Å². The number of esters is 1. The Morgan fingerprint density at radius 2 is 2.53 bits per heavy atom. The third kappa shape index (κ3) is 3.70. The highest BCUT2D eigenvalue weighted by molar-refractivity contribution is 7.10. The molecule has 0 aliphatic rings. The van der Waals surface area contributed by atoms with Crippen LogP contribution >= 0.6 is 11.3 Å². The summed E-state index contributed by atoms with van der Waals surface area (Å²) in [6.45, 7) is 2.73. The lowest BCUT2D eigenvalue weighted by Crippen LogP contribution is -2.05. The Hall–Kier alpha value is -1.38. The summed E-state index contributed by atoms with van der Waals surface area (Å²) in [5.41, 5.74) is 0.329. The van der Waals surface area contributed by atoms with Gasteiger partial charge < -0.3 is 10.1 Å². The van der Waals surface area contributed by atoms with Crippen molar-refractivity contribution in [1.82, 2.24) is 10.3 Å². The molecule has 1 aromatic heterocycles. The first-order valence-corrected chi connectivity index (χ1v) is 5.42. The van der Waals surface area contributed by atoms with Crippen molar-refractivity contribution in [1.29, 1.82) is 0 Å². The minimum atomic E-state index is -0.393. The molecule has 1 rings (SSSR count). The molecule has 0 aliphatic heterocycles. The number of hydrogen-bond donors (Lipinski definition) is 1. The molecule has 0 amide bonds. The normalized spacial score (nSPS) is 9.20. The van der Waals surface area contributed by atoms with E-state index in [-0.39, 0.29) is 0 Å². The van der Waals surface area contributed by atoms with Gasteiger partial charge in [0.05, 0.1) is 13.2 Å². The van der Waals surface area contributed by atoms with Crippen LogP contribution in [0.1, 0.15) is 22.4 Å². The number of ether oxygens (including phenoxy) is 1. The summed E-state index contributed by atoms with van der Waals surface area (Å²) in [5.74, 6) is 5.33. The van der Waals surface area contributed by atoms with Gasteiger partial charge in [-0.3, -0.25) is 0 Å². The number of aromatic nitrogens is 1. The van der Waals surface area contributed by atoms with Crippen molar-refractivity contribution < 1.29 is 9.53 Å². The Labute approximate surface area is 92.7 Å². The Morgan fingerprint density at radius 3 is 3.20 bits per heavy atom. The minimum absolute atomic E-state index is 0.329. The zero-order valence-electron chi connectivity index (χ0n) is 8.66. The van der Waals surface area contributed by atoms with Crippen LogP contribution in [0.3, 0.4) is 0 Å². The molecule has 0 radical (unpaired) electrons. The first-order valence-electron chi connectivity index (χ1n) is 4.54. The van der Waals surface area contributed by atoms with E-state index in [1.165, 1.54) is 11.3 Å². The van der Waals surface area contributed by atoms with Crippen LogP contribution in [-0.4, -0.2) is 31.2 Å². The maximum Gasteiger partial charge on any atom is 0.357 e. The summed E-state index contributed by atoms with van der Waals surface area (Å²) in [6.07, 6.45) is 0. The van der Waals surface area contributed by atoms with E-state index in [0.29, 0.717) is 23.9 Å². The molecule has 0 spiro atoms. The summed E-state index contributed by atoms with van der Waals surface area (Å²) in [7, 11) is 1.82. The van der Waals surface area contributed by atoms with Gasteiger partial charge in [0.2, 0.25) is 0 Å². The fourth-order valence-electron chi connectivity index (χ4n) is 0.838. The van der Waals surface area contributed by atoms with Crippen molar-refractivity contribution in [3.8, 4) is 11.8 Å². The van der Waals surface area contributed by atoms with Crippen LogP contribution < -0.4 is 5.32 Å². The van der Waals surface area contributed by atoms with E-state index in [4.69, 9.17) is 4.74 Å². The SMILES string of the molecule is CCOC(=O)c1csc(C#CCNC)n1. The number of thiazole rings is 1. The molecule has 0 saturated carbocycles. The van der Waals surface area contributed by atoms with Gasteiger partial charge in [0.1, 0.15) is 0 Å². The summed E-state index contributed by atoms with van der Waals surface area (Å²) < 4.78 is 4.81. The van der Waals surface area contributed by atoms with Crippen LogP contribution in [0, 0.1) is 11.8 Å². The maximum absolute atomic E-state index is 11.2. The molecule has 0 saturated heterocycles. The molecule has 0 aromatic carbocycles. The predicted octanol–water partition coefficient (Wildman–Crippen LogP) is 0.891. The zero-order valence-corrected chi connectivity index (χ0v) is 9.48. The third-order valence-corrected chi connectivity index (χ3v) is 2.21. The van der Waals surface area contributed by atoms with Crippen LogP contribution in [0.15, 0.2) is 5.38 Å². The number of hydrogen-bond acceptors (Lipinski definition) is 5. The zero-order chi connectivity index (χ0) is 11.1. The summed E-state index contributed by atoms with van der Waals surface area (Å²) in [4.78, 5) is 15.3. The highest BCUT2D eigenvalue weighted by atomic mass is 32.1. The first kappa shape index (κ1) is 11.7. The van der Waals surface area contributed by atoms with Crippen molar-refractivity contribution in [2.75, 3.05) is 20.2 Å².